The van der Waals surface area contributed by atoms with Gasteiger partial charge in [-0.3, -0.25) is 0 Å². The van der Waals surface area contributed by atoms with Crippen LogP contribution in [0.5, 0.6) is 0 Å². The average molecular weight is 316 g/mol. The van der Waals surface area contributed by atoms with Crippen molar-refractivity contribution in [1.82, 2.24) is 0 Å². The Morgan fingerprint density at radius 1 is 1.29 bits per heavy atom. The lowest BCUT2D eigenvalue weighted by Crippen LogP contribution is -2.07. The van der Waals surface area contributed by atoms with Crippen LogP contribution < -0.4 is 0 Å². The van der Waals surface area contributed by atoms with Gasteiger partial charge >= 0.3 is 5.97 Å². The molecule has 8 heteroatoms. The molecule has 0 fully saturated rings. The van der Waals surface area contributed by atoms with Crippen LogP contribution >= 0.6 is 0 Å². The van der Waals surface area contributed by atoms with Gasteiger partial charge in [-0.2, -0.15) is 0 Å². The first-order valence-corrected chi connectivity index (χ1v) is 7.36. The van der Waals surface area contributed by atoms with Crippen molar-refractivity contribution in [3.8, 4) is 0 Å². The number of furan rings is 1. The zero-order chi connectivity index (χ0) is 15.8. The molecule has 0 bridgehead atoms. The second-order valence-corrected chi connectivity index (χ2v) is 6.32. The Kier molecular flexibility index (Phi) is 3.82. The van der Waals surface area contributed by atoms with Gasteiger partial charge in [-0.15, -0.1) is 0 Å². The minimum absolute atomic E-state index is 0.159. The quantitative estimate of drug-likeness (QED) is 0.937. The highest BCUT2D eigenvalue weighted by Gasteiger charge is 2.24. The Balaban J connectivity index is 2.40. The first-order chi connectivity index (χ1) is 9.70. The van der Waals surface area contributed by atoms with E-state index in [9.17, 15) is 22.0 Å². The Bertz CT molecular complexity index is 808. The summed E-state index contributed by atoms with van der Waals surface area (Å²) in [5.74, 6) is -4.63. The van der Waals surface area contributed by atoms with E-state index < -0.39 is 38.1 Å². The Morgan fingerprint density at radius 3 is 2.52 bits per heavy atom. The molecular formula is C13H10F2O5S. The van der Waals surface area contributed by atoms with Crippen LogP contribution in [0.4, 0.5) is 8.78 Å². The van der Waals surface area contributed by atoms with E-state index in [0.717, 1.165) is 6.07 Å². The molecule has 2 rings (SSSR count). The lowest BCUT2D eigenvalue weighted by molar-refractivity contribution is 0.0659. The summed E-state index contributed by atoms with van der Waals surface area (Å²) in [6.07, 6.45) is 0. The summed E-state index contributed by atoms with van der Waals surface area (Å²) in [4.78, 5) is 10.0. The summed E-state index contributed by atoms with van der Waals surface area (Å²) in [6, 6.07) is 3.31. The fourth-order valence-electron chi connectivity index (χ4n) is 1.81. The number of carboxylic acid groups (broad SMARTS) is 1. The number of aromatic carboxylic acids is 1. The fraction of sp³-hybridized carbons (Fsp3) is 0.154. The van der Waals surface area contributed by atoms with Gasteiger partial charge in [0, 0.05) is 5.56 Å². The van der Waals surface area contributed by atoms with Crippen LogP contribution in [0.1, 0.15) is 21.9 Å². The second-order valence-electron chi connectivity index (χ2n) is 4.36. The Morgan fingerprint density at radius 2 is 1.95 bits per heavy atom. The third-order valence-electron chi connectivity index (χ3n) is 2.72. The summed E-state index contributed by atoms with van der Waals surface area (Å²) >= 11 is 0. The smallest absolute Gasteiger partial charge is 0.372 e. The van der Waals surface area contributed by atoms with Crippen LogP contribution in [-0.4, -0.2) is 19.5 Å². The van der Waals surface area contributed by atoms with Gasteiger partial charge in [-0.25, -0.2) is 22.0 Å². The highest BCUT2D eigenvalue weighted by Crippen LogP contribution is 2.23. The molecule has 0 amide bonds. The number of carboxylic acids is 1. The van der Waals surface area contributed by atoms with E-state index in [1.165, 1.54) is 13.0 Å². The third-order valence-corrected chi connectivity index (χ3v) is 4.37. The number of hydrogen-bond donors (Lipinski definition) is 1. The molecule has 0 aliphatic heterocycles. The van der Waals surface area contributed by atoms with E-state index in [0.29, 0.717) is 12.1 Å². The van der Waals surface area contributed by atoms with E-state index in [1.807, 2.05) is 0 Å². The third kappa shape index (κ3) is 3.10. The van der Waals surface area contributed by atoms with E-state index in [-0.39, 0.29) is 17.1 Å². The number of rotatable bonds is 4. The van der Waals surface area contributed by atoms with E-state index in [4.69, 9.17) is 9.52 Å². The number of carbonyl (C=O) groups is 1. The normalized spacial score (nSPS) is 11.6. The number of sulfone groups is 1. The molecule has 1 aromatic heterocycles. The molecule has 0 saturated carbocycles. The van der Waals surface area contributed by atoms with Crippen LogP contribution in [0.25, 0.3) is 0 Å². The molecule has 0 aliphatic carbocycles. The Labute approximate surface area is 118 Å². The molecule has 0 atom stereocenters. The van der Waals surface area contributed by atoms with Crippen LogP contribution in [0.2, 0.25) is 0 Å². The molecule has 0 aliphatic rings. The van der Waals surface area contributed by atoms with Crippen molar-refractivity contribution in [2.45, 2.75) is 17.6 Å². The van der Waals surface area contributed by atoms with Gasteiger partial charge < -0.3 is 9.52 Å². The van der Waals surface area contributed by atoms with Crippen LogP contribution in [0.15, 0.2) is 33.6 Å². The zero-order valence-electron chi connectivity index (χ0n) is 10.8. The summed E-state index contributed by atoms with van der Waals surface area (Å²) in [5.41, 5.74) is 0.243. The summed E-state index contributed by atoms with van der Waals surface area (Å²) in [5, 5.41) is 8.82. The van der Waals surface area contributed by atoms with Crippen molar-refractivity contribution in [2.75, 3.05) is 0 Å². The van der Waals surface area contributed by atoms with Crippen molar-refractivity contribution in [2.24, 2.45) is 0 Å². The largest absolute Gasteiger partial charge is 0.475 e. The van der Waals surface area contributed by atoms with E-state index >= 15 is 0 Å². The van der Waals surface area contributed by atoms with Crippen molar-refractivity contribution in [3.05, 3.63) is 53.0 Å². The first kappa shape index (κ1) is 15.2. The highest BCUT2D eigenvalue weighted by atomic mass is 32.2. The fourth-order valence-corrected chi connectivity index (χ4v) is 3.14. The topological polar surface area (TPSA) is 84.6 Å². The van der Waals surface area contributed by atoms with Gasteiger partial charge in [0.25, 0.3) is 0 Å². The summed E-state index contributed by atoms with van der Waals surface area (Å²) < 4.78 is 55.6. The maximum Gasteiger partial charge on any atom is 0.372 e. The predicted octanol–water partition coefficient (Wildman–Crippen LogP) is 2.54. The van der Waals surface area contributed by atoms with Gasteiger partial charge in [0.1, 0.15) is 28.0 Å². The average Bonchev–Trinajstić information content (AvgIpc) is 2.72. The van der Waals surface area contributed by atoms with Crippen molar-refractivity contribution < 1.29 is 31.5 Å². The molecule has 0 radical (unpaired) electrons. The molecule has 0 saturated heterocycles. The molecule has 0 unspecified atom stereocenters. The zero-order valence-corrected chi connectivity index (χ0v) is 11.6. The molecule has 1 heterocycles. The molecule has 112 valence electrons. The Hall–Kier alpha value is -2.22. The monoisotopic (exact) mass is 316 g/mol. The first-order valence-electron chi connectivity index (χ1n) is 5.71. The highest BCUT2D eigenvalue weighted by molar-refractivity contribution is 7.90. The number of hydrogen-bond acceptors (Lipinski definition) is 4. The van der Waals surface area contributed by atoms with Crippen molar-refractivity contribution in [3.63, 3.8) is 0 Å². The molecule has 21 heavy (non-hydrogen) atoms. The minimum atomic E-state index is -4.20. The van der Waals surface area contributed by atoms with E-state index in [2.05, 4.69) is 0 Å². The van der Waals surface area contributed by atoms with Crippen LogP contribution in [0.3, 0.4) is 0 Å². The van der Waals surface area contributed by atoms with Crippen molar-refractivity contribution in [1.29, 1.82) is 0 Å². The molecule has 1 aromatic carbocycles. The second kappa shape index (κ2) is 5.28. The predicted molar refractivity (Wildman–Crippen MR) is 67.7 cm³/mol. The van der Waals surface area contributed by atoms with Gasteiger partial charge in [-0.1, -0.05) is 0 Å². The molecular weight excluding hydrogens is 306 g/mol. The standard InChI is InChI=1S/C13H10F2O5S/c1-7-4-9(20-12(7)13(16)17)6-21(18,19)11-5-8(14)2-3-10(11)15/h2-5H,6H2,1H3,(H,16,17). The minimum Gasteiger partial charge on any atom is -0.475 e. The summed E-state index contributed by atoms with van der Waals surface area (Å²) in [6.45, 7) is 1.44. The van der Waals surface area contributed by atoms with Crippen LogP contribution in [-0.2, 0) is 15.6 Å². The number of benzene rings is 1. The molecule has 2 aromatic rings. The number of aryl methyl sites for hydroxylation is 1. The van der Waals surface area contributed by atoms with Gasteiger partial charge in [0.05, 0.1) is 0 Å². The lowest BCUT2D eigenvalue weighted by Gasteiger charge is -2.04. The molecule has 0 spiro atoms. The van der Waals surface area contributed by atoms with Crippen molar-refractivity contribution >= 4 is 15.8 Å². The maximum atomic E-state index is 13.5. The van der Waals surface area contributed by atoms with E-state index in [1.54, 1.807) is 0 Å². The summed E-state index contributed by atoms with van der Waals surface area (Å²) in [7, 11) is -4.20. The molecule has 1 N–H and O–H groups in total. The lowest BCUT2D eigenvalue weighted by atomic mass is 10.3. The van der Waals surface area contributed by atoms with Gasteiger partial charge in [-0.05, 0) is 31.2 Å². The SMILES string of the molecule is Cc1cc(CS(=O)(=O)c2cc(F)ccc2F)oc1C(=O)O. The van der Waals surface area contributed by atoms with Gasteiger partial charge in [0.2, 0.25) is 5.76 Å². The van der Waals surface area contributed by atoms with Crippen LogP contribution in [0, 0.1) is 18.6 Å². The molecule has 5 nitrogen and oxygen atoms in total. The maximum absolute atomic E-state index is 13.5. The van der Waals surface area contributed by atoms with Gasteiger partial charge in [0.15, 0.2) is 9.84 Å². The number of halogens is 2.